The van der Waals surface area contributed by atoms with Crippen LogP contribution >= 0.6 is 0 Å². The number of aliphatic hydroxyl groups excluding tert-OH is 1. The third-order valence-electron chi connectivity index (χ3n) is 4.68. The molecule has 0 bridgehead atoms. The minimum absolute atomic E-state index is 0.0780. The Morgan fingerprint density at radius 1 is 1.08 bits per heavy atom. The molecule has 1 aromatic heterocycles. The average molecular weight is 320 g/mol. The van der Waals surface area contributed by atoms with Crippen molar-refractivity contribution in [2.45, 2.75) is 18.9 Å². The molecule has 1 atom stereocenters. The molecule has 2 heterocycles. The Morgan fingerprint density at radius 3 is 2.71 bits per heavy atom. The van der Waals surface area contributed by atoms with E-state index in [1.54, 1.807) is 0 Å². The molecule has 1 fully saturated rings. The summed E-state index contributed by atoms with van der Waals surface area (Å²) in [6, 6.07) is 17.8. The fraction of sp³-hybridized carbons (Fsp3) is 0.250. The second-order valence-corrected chi connectivity index (χ2v) is 6.39. The Hall–Kier alpha value is -2.59. The van der Waals surface area contributed by atoms with Gasteiger partial charge in [0.25, 0.3) is 5.56 Å². The van der Waals surface area contributed by atoms with E-state index in [0.29, 0.717) is 11.9 Å². The van der Waals surface area contributed by atoms with E-state index in [4.69, 9.17) is 0 Å². The number of pyridine rings is 1. The Labute approximate surface area is 140 Å². The first-order chi connectivity index (χ1) is 11.7. The number of hydrogen-bond acceptors (Lipinski definition) is 3. The molecule has 0 spiro atoms. The van der Waals surface area contributed by atoms with Crippen LogP contribution < -0.4 is 10.5 Å². The summed E-state index contributed by atoms with van der Waals surface area (Å²) in [5.74, 6) is 0. The molecule has 1 saturated heterocycles. The van der Waals surface area contributed by atoms with E-state index in [9.17, 15) is 9.90 Å². The predicted octanol–water partition coefficient (Wildman–Crippen LogP) is 3.16. The number of aromatic amines is 1. The summed E-state index contributed by atoms with van der Waals surface area (Å²) in [6.45, 7) is 1.55. The van der Waals surface area contributed by atoms with Gasteiger partial charge in [-0.15, -0.1) is 0 Å². The zero-order chi connectivity index (χ0) is 16.5. The molecule has 3 aromatic rings. The van der Waals surface area contributed by atoms with E-state index < -0.39 is 0 Å². The van der Waals surface area contributed by atoms with Gasteiger partial charge in [-0.1, -0.05) is 36.4 Å². The van der Waals surface area contributed by atoms with E-state index in [1.807, 2.05) is 54.6 Å². The summed E-state index contributed by atoms with van der Waals surface area (Å²) < 4.78 is 0. The number of aliphatic hydroxyl groups is 1. The molecule has 122 valence electrons. The van der Waals surface area contributed by atoms with Crippen LogP contribution in [0, 0.1) is 0 Å². The quantitative estimate of drug-likeness (QED) is 0.762. The summed E-state index contributed by atoms with van der Waals surface area (Å²) >= 11 is 0. The predicted molar refractivity (Wildman–Crippen MR) is 97.5 cm³/mol. The summed E-state index contributed by atoms with van der Waals surface area (Å²) in [5, 5.41) is 11.5. The van der Waals surface area contributed by atoms with E-state index in [0.717, 1.165) is 41.7 Å². The minimum atomic E-state index is -0.284. The van der Waals surface area contributed by atoms with Crippen LogP contribution in [0.25, 0.3) is 22.0 Å². The van der Waals surface area contributed by atoms with Gasteiger partial charge in [-0.25, -0.2) is 0 Å². The lowest BCUT2D eigenvalue weighted by Crippen LogP contribution is -2.38. The minimum Gasteiger partial charge on any atom is -0.391 e. The Bertz CT molecular complexity index is 918. The van der Waals surface area contributed by atoms with Crippen LogP contribution in [-0.2, 0) is 0 Å². The molecule has 0 amide bonds. The molecular formula is C20H20N2O2. The summed E-state index contributed by atoms with van der Waals surface area (Å²) in [5.41, 5.74) is 2.75. The standard InChI is InChI=1S/C20H20N2O2/c23-17-7-4-10-22(13-17)16-9-8-15-11-19(14-5-2-1-3-6-14)21-20(24)18(15)12-16/h1-3,5-6,8-9,11-12,17,23H,4,7,10,13H2,(H,21,24). The van der Waals surface area contributed by atoms with E-state index in [1.165, 1.54) is 0 Å². The van der Waals surface area contributed by atoms with Crippen molar-refractivity contribution in [2.75, 3.05) is 18.0 Å². The first-order valence-corrected chi connectivity index (χ1v) is 8.36. The van der Waals surface area contributed by atoms with Crippen molar-refractivity contribution >= 4 is 16.5 Å². The Balaban J connectivity index is 1.76. The van der Waals surface area contributed by atoms with Crippen LogP contribution in [-0.4, -0.2) is 29.3 Å². The largest absolute Gasteiger partial charge is 0.391 e. The van der Waals surface area contributed by atoms with Gasteiger partial charge in [-0.3, -0.25) is 4.79 Å². The second-order valence-electron chi connectivity index (χ2n) is 6.39. The SMILES string of the molecule is O=c1[nH]c(-c2ccccc2)cc2ccc(N3CCCC(O)C3)cc12. The maximum Gasteiger partial charge on any atom is 0.256 e. The maximum absolute atomic E-state index is 12.5. The van der Waals surface area contributed by atoms with Gasteiger partial charge >= 0.3 is 0 Å². The van der Waals surface area contributed by atoms with Gasteiger partial charge in [0.15, 0.2) is 0 Å². The fourth-order valence-corrected chi connectivity index (χ4v) is 3.41. The van der Waals surface area contributed by atoms with Crippen LogP contribution in [0.2, 0.25) is 0 Å². The van der Waals surface area contributed by atoms with Gasteiger partial charge in [-0.05, 0) is 42.0 Å². The zero-order valence-corrected chi connectivity index (χ0v) is 13.4. The molecule has 1 aliphatic rings. The third kappa shape index (κ3) is 2.81. The van der Waals surface area contributed by atoms with Crippen molar-refractivity contribution in [3.63, 3.8) is 0 Å². The number of rotatable bonds is 2. The summed E-state index contributed by atoms with van der Waals surface area (Å²) in [4.78, 5) is 17.7. The van der Waals surface area contributed by atoms with Gasteiger partial charge in [0.05, 0.1) is 6.10 Å². The number of nitrogens with one attached hydrogen (secondary N) is 1. The van der Waals surface area contributed by atoms with E-state index in [2.05, 4.69) is 9.88 Å². The lowest BCUT2D eigenvalue weighted by Gasteiger charge is -2.32. The van der Waals surface area contributed by atoms with E-state index >= 15 is 0 Å². The number of nitrogens with zero attached hydrogens (tertiary/aromatic N) is 1. The van der Waals surface area contributed by atoms with Gasteiger partial charge in [0.2, 0.25) is 0 Å². The number of β-amino-alcohol motifs (C(OH)–C–C–N with tert-alkyl or cyclic N) is 1. The number of hydrogen-bond donors (Lipinski definition) is 2. The van der Waals surface area contributed by atoms with Crippen LogP contribution in [0.3, 0.4) is 0 Å². The highest BCUT2D eigenvalue weighted by Gasteiger charge is 2.18. The van der Waals surface area contributed by atoms with Gasteiger partial charge in [0, 0.05) is 29.9 Å². The Kier molecular flexibility index (Phi) is 3.82. The van der Waals surface area contributed by atoms with Crippen molar-refractivity contribution in [3.8, 4) is 11.3 Å². The lowest BCUT2D eigenvalue weighted by atomic mass is 10.0. The third-order valence-corrected chi connectivity index (χ3v) is 4.68. The molecular weight excluding hydrogens is 300 g/mol. The smallest absolute Gasteiger partial charge is 0.256 e. The lowest BCUT2D eigenvalue weighted by molar-refractivity contribution is 0.154. The second kappa shape index (κ2) is 6.13. The van der Waals surface area contributed by atoms with Crippen LogP contribution in [0.4, 0.5) is 5.69 Å². The maximum atomic E-state index is 12.5. The molecule has 4 heteroatoms. The monoisotopic (exact) mass is 320 g/mol. The molecule has 4 nitrogen and oxygen atoms in total. The topological polar surface area (TPSA) is 56.3 Å². The van der Waals surface area contributed by atoms with Crippen molar-refractivity contribution in [3.05, 3.63) is 65.0 Å². The number of H-pyrrole nitrogens is 1. The highest BCUT2D eigenvalue weighted by Crippen LogP contribution is 2.25. The number of anilines is 1. The zero-order valence-electron chi connectivity index (χ0n) is 13.4. The van der Waals surface area contributed by atoms with Crippen LogP contribution in [0.1, 0.15) is 12.8 Å². The van der Waals surface area contributed by atoms with Crippen LogP contribution in [0.5, 0.6) is 0 Å². The summed E-state index contributed by atoms with van der Waals surface area (Å²) in [6.07, 6.45) is 1.54. The molecule has 24 heavy (non-hydrogen) atoms. The number of piperidine rings is 1. The molecule has 2 aromatic carbocycles. The molecule has 0 radical (unpaired) electrons. The van der Waals surface area contributed by atoms with Crippen molar-refractivity contribution in [1.82, 2.24) is 4.98 Å². The molecule has 1 aliphatic heterocycles. The van der Waals surface area contributed by atoms with Gasteiger partial charge < -0.3 is 15.0 Å². The number of benzene rings is 2. The highest BCUT2D eigenvalue weighted by molar-refractivity contribution is 5.88. The number of fused-ring (bicyclic) bond motifs is 1. The van der Waals surface area contributed by atoms with Crippen molar-refractivity contribution in [1.29, 1.82) is 0 Å². The molecule has 1 unspecified atom stereocenters. The van der Waals surface area contributed by atoms with E-state index in [-0.39, 0.29) is 11.7 Å². The molecule has 2 N–H and O–H groups in total. The fourth-order valence-electron chi connectivity index (χ4n) is 3.41. The van der Waals surface area contributed by atoms with Gasteiger partial charge in [-0.2, -0.15) is 0 Å². The van der Waals surface area contributed by atoms with Crippen LogP contribution in [0.15, 0.2) is 59.4 Å². The van der Waals surface area contributed by atoms with Gasteiger partial charge in [0.1, 0.15) is 0 Å². The molecule has 0 aliphatic carbocycles. The van der Waals surface area contributed by atoms with Crippen molar-refractivity contribution < 1.29 is 5.11 Å². The first-order valence-electron chi connectivity index (χ1n) is 8.36. The highest BCUT2D eigenvalue weighted by atomic mass is 16.3. The summed E-state index contributed by atoms with van der Waals surface area (Å²) in [7, 11) is 0. The Morgan fingerprint density at radius 2 is 1.92 bits per heavy atom. The number of aromatic nitrogens is 1. The first kappa shape index (κ1) is 15.0. The molecule has 4 rings (SSSR count). The average Bonchev–Trinajstić information content (AvgIpc) is 2.62. The van der Waals surface area contributed by atoms with Crippen molar-refractivity contribution in [2.24, 2.45) is 0 Å². The normalized spacial score (nSPS) is 18.0. The molecule has 0 saturated carbocycles.